The van der Waals surface area contributed by atoms with Crippen LogP contribution in [0.4, 0.5) is 13.2 Å². The zero-order valence-electron chi connectivity index (χ0n) is 25.2. The molecule has 2 aromatic rings. The van der Waals surface area contributed by atoms with Crippen molar-refractivity contribution in [2.45, 2.75) is 79.4 Å². The van der Waals surface area contributed by atoms with Crippen LogP contribution < -0.4 is 10.6 Å². The number of nitrogens with one attached hydrogen (secondary N) is 2. The Balaban J connectivity index is 0.00000431. The number of ether oxygens (including phenoxy) is 1. The summed E-state index contributed by atoms with van der Waals surface area (Å²) in [5.74, 6) is -0.0561. The summed E-state index contributed by atoms with van der Waals surface area (Å²) in [4.78, 5) is 25.2. The number of alkyl halides is 3. The van der Waals surface area contributed by atoms with E-state index in [4.69, 9.17) is 4.74 Å². The van der Waals surface area contributed by atoms with Crippen LogP contribution in [0, 0.1) is 0 Å². The van der Waals surface area contributed by atoms with Crippen molar-refractivity contribution in [3.05, 3.63) is 113 Å². The van der Waals surface area contributed by atoms with Crippen LogP contribution in [0.1, 0.15) is 83.4 Å². The highest BCUT2D eigenvalue weighted by Gasteiger charge is 2.32. The predicted molar refractivity (Wildman–Crippen MR) is 164 cm³/mol. The molecular weight excluding hydrogens is 541 g/mol. The molecule has 0 saturated heterocycles. The second-order valence-electron chi connectivity index (χ2n) is 9.10. The zero-order valence-corrected chi connectivity index (χ0v) is 25.2. The van der Waals surface area contributed by atoms with E-state index >= 15 is 0 Å². The third-order valence-electron chi connectivity index (χ3n) is 5.93. The van der Waals surface area contributed by atoms with Gasteiger partial charge >= 0.3 is 6.18 Å². The summed E-state index contributed by atoms with van der Waals surface area (Å²) in [5, 5.41) is 5.46. The normalized spacial score (nSPS) is 12.1. The fourth-order valence-corrected chi connectivity index (χ4v) is 3.72. The van der Waals surface area contributed by atoms with Gasteiger partial charge in [0.1, 0.15) is 11.5 Å². The van der Waals surface area contributed by atoms with Crippen molar-refractivity contribution < 1.29 is 27.5 Å². The van der Waals surface area contributed by atoms with Crippen LogP contribution in [-0.4, -0.2) is 11.8 Å². The highest BCUT2D eigenvalue weighted by molar-refractivity contribution is 5.93. The largest absolute Gasteiger partial charge is 0.461 e. The van der Waals surface area contributed by atoms with Crippen LogP contribution in [0.25, 0.3) is 5.76 Å². The molecule has 0 bridgehead atoms. The predicted octanol–water partition coefficient (Wildman–Crippen LogP) is 8.86. The second-order valence-corrected chi connectivity index (χ2v) is 9.10. The molecule has 2 rings (SSSR count). The first-order valence-corrected chi connectivity index (χ1v) is 14.3. The lowest BCUT2D eigenvalue weighted by Crippen LogP contribution is -2.26. The molecule has 0 radical (unpaired) electrons. The second kappa shape index (κ2) is 19.1. The molecular formula is C34H43F3N2O3. The minimum Gasteiger partial charge on any atom is -0.461 e. The number of halogens is 3. The molecule has 0 spiro atoms. The van der Waals surface area contributed by atoms with E-state index in [0.717, 1.165) is 18.9 Å². The highest BCUT2D eigenvalue weighted by atomic mass is 19.4. The van der Waals surface area contributed by atoms with Crippen LogP contribution in [0.2, 0.25) is 0 Å². The summed E-state index contributed by atoms with van der Waals surface area (Å²) in [6.07, 6.45) is 3.86. The summed E-state index contributed by atoms with van der Waals surface area (Å²) >= 11 is 0. The van der Waals surface area contributed by atoms with Crippen LogP contribution >= 0.6 is 0 Å². The first-order valence-electron chi connectivity index (χ1n) is 14.3. The fraction of sp³-hybridized carbons (Fsp3) is 0.353. The molecule has 0 atom stereocenters. The molecule has 42 heavy (non-hydrogen) atoms. The van der Waals surface area contributed by atoms with E-state index in [1.165, 1.54) is 18.2 Å². The summed E-state index contributed by atoms with van der Waals surface area (Å²) in [6.45, 7) is 13.2. The van der Waals surface area contributed by atoms with E-state index in [1.807, 2.05) is 64.1 Å². The summed E-state index contributed by atoms with van der Waals surface area (Å²) < 4.78 is 46.1. The van der Waals surface area contributed by atoms with Crippen molar-refractivity contribution >= 4 is 17.6 Å². The highest BCUT2D eigenvalue weighted by Crippen LogP contribution is 2.32. The lowest BCUT2D eigenvalue weighted by atomic mass is 10.1. The smallest absolute Gasteiger partial charge is 0.416 e. The number of allylic oxidation sites excluding steroid dienone is 3. The van der Waals surface area contributed by atoms with Crippen LogP contribution in [0.5, 0.6) is 0 Å². The molecule has 5 nitrogen and oxygen atoms in total. The Bertz CT molecular complexity index is 1250. The fourth-order valence-electron chi connectivity index (χ4n) is 3.72. The molecule has 0 aliphatic rings. The molecule has 0 unspecified atom stereocenters. The number of hydrogen-bond acceptors (Lipinski definition) is 3. The summed E-state index contributed by atoms with van der Waals surface area (Å²) in [7, 11) is 0. The number of amides is 2. The van der Waals surface area contributed by atoms with Gasteiger partial charge in [-0.3, -0.25) is 9.59 Å². The van der Waals surface area contributed by atoms with Crippen LogP contribution in [0.15, 0.2) is 96.4 Å². The van der Waals surface area contributed by atoms with E-state index < -0.39 is 17.6 Å². The SMILES string of the molecule is C=C(O/C(C/C=C\C(=C/CC)NC(=O)CCCC)=C(\C)C(=O)NCc1ccccc1C(F)(F)F)c1ccccc1.CC. The maximum atomic E-state index is 13.4. The molecule has 2 amide bonds. The Morgan fingerprint density at radius 1 is 1.00 bits per heavy atom. The molecule has 228 valence electrons. The number of rotatable bonds is 14. The molecule has 2 N–H and O–H groups in total. The third kappa shape index (κ3) is 12.6. The molecule has 0 aromatic heterocycles. The number of unbranched alkanes of at least 4 members (excludes halogenated alkanes) is 1. The maximum absolute atomic E-state index is 13.4. The Kier molecular flexibility index (Phi) is 16.4. The van der Waals surface area contributed by atoms with Gasteiger partial charge in [-0.25, -0.2) is 0 Å². The third-order valence-corrected chi connectivity index (χ3v) is 5.93. The van der Waals surface area contributed by atoms with Gasteiger partial charge in [0.2, 0.25) is 5.91 Å². The van der Waals surface area contributed by atoms with Gasteiger partial charge in [0.15, 0.2) is 0 Å². The monoisotopic (exact) mass is 584 g/mol. The standard InChI is InChI=1S/C32H37F3N2O3.C2H6/c1-5-7-21-30(38)37-27(14-6-2)18-13-20-29(40-24(4)25-15-9-8-10-16-25)23(3)31(39)36-22-26-17-11-12-19-28(26)32(33,34)35;1-2/h8-19H,4-7,20-22H2,1-3H3,(H,36,39)(H,37,38);1-2H3/b18-13-,27-14+,29-23+;. The van der Waals surface area contributed by atoms with Crippen molar-refractivity contribution in [3.8, 4) is 0 Å². The quantitative estimate of drug-likeness (QED) is 0.132. The molecule has 8 heteroatoms. The molecule has 0 aliphatic carbocycles. The van der Waals surface area contributed by atoms with Crippen molar-refractivity contribution in [1.29, 1.82) is 0 Å². The average Bonchev–Trinajstić information content (AvgIpc) is 2.99. The van der Waals surface area contributed by atoms with E-state index in [9.17, 15) is 22.8 Å². The number of carbonyl (C=O) groups excluding carboxylic acids is 2. The van der Waals surface area contributed by atoms with Crippen LogP contribution in [-0.2, 0) is 27.0 Å². The Hall–Kier alpha value is -4.07. The minimum atomic E-state index is -4.53. The first kappa shape index (κ1) is 36.0. The molecule has 0 aliphatic heterocycles. The Morgan fingerprint density at radius 3 is 2.26 bits per heavy atom. The molecule has 2 aromatic carbocycles. The van der Waals surface area contributed by atoms with Gasteiger partial charge in [0.05, 0.1) is 11.1 Å². The number of hydrogen-bond donors (Lipinski definition) is 2. The molecule has 0 heterocycles. The minimum absolute atomic E-state index is 0.0413. The topological polar surface area (TPSA) is 67.4 Å². The Morgan fingerprint density at radius 2 is 1.64 bits per heavy atom. The Labute approximate surface area is 248 Å². The van der Waals surface area contributed by atoms with E-state index in [2.05, 4.69) is 17.2 Å². The lowest BCUT2D eigenvalue weighted by molar-refractivity contribution is -0.138. The van der Waals surface area contributed by atoms with Crippen molar-refractivity contribution in [3.63, 3.8) is 0 Å². The number of benzene rings is 2. The van der Waals surface area contributed by atoms with E-state index in [0.29, 0.717) is 29.9 Å². The van der Waals surface area contributed by atoms with Crippen LogP contribution in [0.3, 0.4) is 0 Å². The summed E-state index contributed by atoms with van der Waals surface area (Å²) in [6, 6.07) is 14.2. The van der Waals surface area contributed by atoms with Gasteiger partial charge in [-0.05, 0) is 37.5 Å². The van der Waals surface area contributed by atoms with Gasteiger partial charge in [0.25, 0.3) is 5.91 Å². The van der Waals surface area contributed by atoms with Gasteiger partial charge in [-0.15, -0.1) is 0 Å². The first-order chi connectivity index (χ1) is 20.1. The number of carbonyl (C=O) groups is 2. The van der Waals surface area contributed by atoms with Crippen molar-refractivity contribution in [1.82, 2.24) is 10.6 Å². The lowest BCUT2D eigenvalue weighted by Gasteiger charge is -2.16. The van der Waals surface area contributed by atoms with Gasteiger partial charge in [-0.2, -0.15) is 13.2 Å². The van der Waals surface area contributed by atoms with Gasteiger partial charge in [0, 0.05) is 30.6 Å². The molecule has 0 saturated carbocycles. The maximum Gasteiger partial charge on any atom is 0.416 e. The van der Waals surface area contributed by atoms with Gasteiger partial charge < -0.3 is 15.4 Å². The average molecular weight is 585 g/mol. The van der Waals surface area contributed by atoms with E-state index in [-0.39, 0.29) is 35.8 Å². The van der Waals surface area contributed by atoms with Gasteiger partial charge in [-0.1, -0.05) is 101 Å². The van der Waals surface area contributed by atoms with E-state index in [1.54, 1.807) is 19.1 Å². The van der Waals surface area contributed by atoms with Crippen molar-refractivity contribution in [2.75, 3.05) is 0 Å². The summed E-state index contributed by atoms with van der Waals surface area (Å²) in [5.41, 5.74) is 0.700. The zero-order chi connectivity index (χ0) is 31.5. The van der Waals surface area contributed by atoms with Crippen molar-refractivity contribution in [2.24, 2.45) is 0 Å². The molecule has 0 fully saturated rings.